The molecule has 0 spiro atoms. The van der Waals surface area contributed by atoms with Gasteiger partial charge in [0.05, 0.1) is 5.69 Å². The van der Waals surface area contributed by atoms with Crippen molar-refractivity contribution < 1.29 is 0 Å². The summed E-state index contributed by atoms with van der Waals surface area (Å²) in [5, 5.41) is 7.97. The van der Waals surface area contributed by atoms with Crippen molar-refractivity contribution in [2.75, 3.05) is 7.05 Å². The molecule has 2 aromatic rings. The number of aryl methyl sites for hydroxylation is 3. The van der Waals surface area contributed by atoms with Gasteiger partial charge in [-0.2, -0.15) is 5.10 Å². The van der Waals surface area contributed by atoms with Gasteiger partial charge in [-0.05, 0) is 57.9 Å². The van der Waals surface area contributed by atoms with Gasteiger partial charge >= 0.3 is 0 Å². The number of likely N-dealkylation sites (N-methyl/N-ethyl adjacent to an activating group) is 1. The average molecular weight is 291 g/mol. The van der Waals surface area contributed by atoms with Gasteiger partial charge in [0.15, 0.2) is 0 Å². The largest absolute Gasteiger partial charge is 0.316 e. The van der Waals surface area contributed by atoms with Crippen LogP contribution in [0.1, 0.15) is 33.6 Å². The minimum Gasteiger partial charge on any atom is -0.316 e. The molecule has 0 aromatic carbocycles. The highest BCUT2D eigenvalue weighted by molar-refractivity contribution is 7.11. The fraction of sp³-hybridized carbons (Fsp3) is 0.562. The highest BCUT2D eigenvalue weighted by Crippen LogP contribution is 2.21. The molecule has 2 aromatic heterocycles. The minimum atomic E-state index is 0.472. The van der Waals surface area contributed by atoms with Crippen molar-refractivity contribution >= 4 is 11.3 Å². The van der Waals surface area contributed by atoms with E-state index < -0.39 is 0 Å². The van der Waals surface area contributed by atoms with Crippen molar-refractivity contribution in [3.05, 3.63) is 38.8 Å². The Bertz CT molecular complexity index is 568. The first kappa shape index (κ1) is 15.3. The zero-order valence-electron chi connectivity index (χ0n) is 13.2. The summed E-state index contributed by atoms with van der Waals surface area (Å²) in [5.74, 6) is 0. The summed E-state index contributed by atoms with van der Waals surface area (Å²) >= 11 is 1.94. The van der Waals surface area contributed by atoms with Crippen molar-refractivity contribution in [1.29, 1.82) is 0 Å². The van der Waals surface area contributed by atoms with Gasteiger partial charge in [-0.3, -0.25) is 4.68 Å². The fourth-order valence-electron chi connectivity index (χ4n) is 2.60. The Morgan fingerprint density at radius 1 is 1.25 bits per heavy atom. The molecule has 0 aliphatic heterocycles. The number of hydrogen-bond donors (Lipinski definition) is 1. The summed E-state index contributed by atoms with van der Waals surface area (Å²) in [7, 11) is 4.08. The number of rotatable bonds is 6. The molecule has 0 bridgehead atoms. The maximum atomic E-state index is 4.51. The lowest BCUT2D eigenvalue weighted by atomic mass is 10.0. The molecule has 0 amide bonds. The molecule has 0 saturated heterocycles. The van der Waals surface area contributed by atoms with Gasteiger partial charge < -0.3 is 5.32 Å². The van der Waals surface area contributed by atoms with E-state index in [9.17, 15) is 0 Å². The predicted octanol–water partition coefficient (Wildman–Crippen LogP) is 3.03. The third-order valence-electron chi connectivity index (χ3n) is 4.03. The number of thiophene rings is 1. The average Bonchev–Trinajstić information content (AvgIpc) is 2.98. The summed E-state index contributed by atoms with van der Waals surface area (Å²) < 4.78 is 1.98. The molecular weight excluding hydrogens is 266 g/mol. The van der Waals surface area contributed by atoms with Crippen LogP contribution in [0.3, 0.4) is 0 Å². The molecule has 1 N–H and O–H groups in total. The highest BCUT2D eigenvalue weighted by atomic mass is 32.1. The summed E-state index contributed by atoms with van der Waals surface area (Å²) in [6, 6.07) is 5.00. The van der Waals surface area contributed by atoms with Gasteiger partial charge in [-0.25, -0.2) is 0 Å². The smallest absolute Gasteiger partial charge is 0.0628 e. The van der Waals surface area contributed by atoms with Crippen LogP contribution in [0, 0.1) is 13.8 Å². The molecule has 3 nitrogen and oxygen atoms in total. The van der Waals surface area contributed by atoms with Crippen LogP contribution in [-0.2, 0) is 26.3 Å². The van der Waals surface area contributed by atoms with Crippen LogP contribution in [0.2, 0.25) is 0 Å². The van der Waals surface area contributed by atoms with Gasteiger partial charge in [0.25, 0.3) is 0 Å². The van der Waals surface area contributed by atoms with Gasteiger partial charge in [0, 0.05) is 28.5 Å². The van der Waals surface area contributed by atoms with Crippen molar-refractivity contribution in [3.63, 3.8) is 0 Å². The highest BCUT2D eigenvalue weighted by Gasteiger charge is 2.16. The number of hydrogen-bond acceptors (Lipinski definition) is 3. The molecule has 1 unspecified atom stereocenters. The van der Waals surface area contributed by atoms with Gasteiger partial charge in [-0.1, -0.05) is 6.92 Å². The number of aromatic nitrogens is 2. The summed E-state index contributed by atoms with van der Waals surface area (Å²) in [4.78, 5) is 2.95. The minimum absolute atomic E-state index is 0.472. The lowest BCUT2D eigenvalue weighted by Gasteiger charge is -2.15. The van der Waals surface area contributed by atoms with Crippen LogP contribution in [0.4, 0.5) is 0 Å². The zero-order valence-corrected chi connectivity index (χ0v) is 14.0. The molecule has 2 rings (SSSR count). The van der Waals surface area contributed by atoms with Crippen LogP contribution < -0.4 is 5.32 Å². The van der Waals surface area contributed by atoms with E-state index in [0.717, 1.165) is 25.0 Å². The van der Waals surface area contributed by atoms with Crippen molar-refractivity contribution in [2.24, 2.45) is 7.05 Å². The normalized spacial score (nSPS) is 12.8. The summed E-state index contributed by atoms with van der Waals surface area (Å²) in [6.07, 6.45) is 3.27. The van der Waals surface area contributed by atoms with Crippen LogP contribution in [-0.4, -0.2) is 22.9 Å². The molecule has 0 saturated carbocycles. The lowest BCUT2D eigenvalue weighted by Crippen LogP contribution is -2.30. The van der Waals surface area contributed by atoms with Crippen LogP contribution >= 0.6 is 11.3 Å². The van der Waals surface area contributed by atoms with Gasteiger partial charge in [0.2, 0.25) is 0 Å². The Hall–Kier alpha value is -1.13. The van der Waals surface area contributed by atoms with E-state index in [1.807, 2.05) is 23.1 Å². The van der Waals surface area contributed by atoms with Crippen LogP contribution in [0.25, 0.3) is 0 Å². The molecule has 1 atom stereocenters. The topological polar surface area (TPSA) is 29.9 Å². The third-order valence-corrected chi connectivity index (χ3v) is 5.28. The first-order chi connectivity index (χ1) is 9.55. The molecule has 0 aliphatic rings. The van der Waals surface area contributed by atoms with E-state index in [1.165, 1.54) is 21.0 Å². The van der Waals surface area contributed by atoms with E-state index in [4.69, 9.17) is 0 Å². The summed E-state index contributed by atoms with van der Waals surface area (Å²) in [5.41, 5.74) is 3.83. The van der Waals surface area contributed by atoms with Crippen molar-refractivity contribution in [1.82, 2.24) is 15.1 Å². The Morgan fingerprint density at radius 3 is 2.45 bits per heavy atom. The molecule has 0 aliphatic carbocycles. The predicted molar refractivity (Wildman–Crippen MR) is 86.6 cm³/mol. The second-order valence-electron chi connectivity index (χ2n) is 5.39. The fourth-order valence-corrected chi connectivity index (χ4v) is 3.64. The first-order valence-electron chi connectivity index (χ1n) is 7.29. The Balaban J connectivity index is 2.08. The molecule has 0 fully saturated rings. The SMILES string of the molecule is CCc1ccc(CC(Cc2c(C)nn(C)c2C)NC)s1. The summed E-state index contributed by atoms with van der Waals surface area (Å²) in [6.45, 7) is 6.48. The quantitative estimate of drug-likeness (QED) is 0.886. The standard InChI is InChI=1S/C16H25N3S/c1-6-14-7-8-15(20-14)9-13(17-4)10-16-11(2)18-19(5)12(16)3/h7-8,13,17H,6,9-10H2,1-5H3. The molecule has 110 valence electrons. The molecule has 4 heteroatoms. The first-order valence-corrected chi connectivity index (χ1v) is 8.10. The number of nitrogens with zero attached hydrogens (tertiary/aromatic N) is 2. The van der Waals surface area contributed by atoms with E-state index in [1.54, 1.807) is 0 Å². The maximum Gasteiger partial charge on any atom is 0.0628 e. The maximum absolute atomic E-state index is 4.51. The van der Waals surface area contributed by atoms with E-state index in [-0.39, 0.29) is 0 Å². The third kappa shape index (κ3) is 3.30. The second-order valence-corrected chi connectivity index (χ2v) is 6.64. The van der Waals surface area contributed by atoms with Crippen LogP contribution in [0.15, 0.2) is 12.1 Å². The van der Waals surface area contributed by atoms with Crippen molar-refractivity contribution in [2.45, 2.75) is 46.1 Å². The number of nitrogens with one attached hydrogen (secondary N) is 1. The van der Waals surface area contributed by atoms with E-state index in [2.05, 4.69) is 50.4 Å². The molecular formula is C16H25N3S. The Labute approximate surface area is 126 Å². The Kier molecular flexibility index (Phi) is 5.00. The lowest BCUT2D eigenvalue weighted by molar-refractivity contribution is 0.557. The van der Waals surface area contributed by atoms with Gasteiger partial charge in [-0.15, -0.1) is 11.3 Å². The molecule has 0 radical (unpaired) electrons. The van der Waals surface area contributed by atoms with Gasteiger partial charge in [0.1, 0.15) is 0 Å². The van der Waals surface area contributed by atoms with E-state index >= 15 is 0 Å². The monoisotopic (exact) mass is 291 g/mol. The molecule has 20 heavy (non-hydrogen) atoms. The second kappa shape index (κ2) is 6.55. The zero-order chi connectivity index (χ0) is 14.7. The van der Waals surface area contributed by atoms with Crippen LogP contribution in [0.5, 0.6) is 0 Å². The Morgan fingerprint density at radius 2 is 1.95 bits per heavy atom. The molecule has 2 heterocycles. The van der Waals surface area contributed by atoms with Crippen molar-refractivity contribution in [3.8, 4) is 0 Å². The van der Waals surface area contributed by atoms with E-state index in [0.29, 0.717) is 6.04 Å².